The predicted octanol–water partition coefficient (Wildman–Crippen LogP) is 15.8. The van der Waals surface area contributed by atoms with Crippen LogP contribution in [0, 0.1) is 0 Å². The van der Waals surface area contributed by atoms with Crippen LogP contribution in [0.4, 0.5) is 11.4 Å². The number of nitrogens with zero attached hydrogens (tertiary/aromatic N) is 2. The van der Waals surface area contributed by atoms with Crippen molar-refractivity contribution in [2.75, 3.05) is 4.90 Å². The Balaban J connectivity index is 1.03. The van der Waals surface area contributed by atoms with E-state index in [0.717, 1.165) is 12.1 Å². The third-order valence-electron chi connectivity index (χ3n) is 13.3. The van der Waals surface area contributed by atoms with E-state index in [1.165, 1.54) is 88.8 Å². The average Bonchev–Trinajstić information content (AvgIpc) is 3.84. The van der Waals surface area contributed by atoms with Gasteiger partial charge in [-0.1, -0.05) is 188 Å². The topological polar surface area (TPSA) is 8.17 Å². The number of fused-ring (bicyclic) bond motifs is 6. The molecule has 0 amide bonds. The molecule has 1 atom stereocenters. The fraction of sp³-hybridized carbons (Fsp3) is 0.0820. The van der Waals surface area contributed by atoms with Gasteiger partial charge in [0.1, 0.15) is 0 Å². The van der Waals surface area contributed by atoms with E-state index in [1.54, 1.807) is 0 Å². The van der Waals surface area contributed by atoms with Crippen molar-refractivity contribution in [2.24, 2.45) is 0 Å². The molecule has 302 valence electrons. The van der Waals surface area contributed by atoms with Crippen molar-refractivity contribution in [2.45, 2.75) is 31.7 Å². The van der Waals surface area contributed by atoms with Crippen LogP contribution in [0.5, 0.6) is 0 Å². The third-order valence-corrected chi connectivity index (χ3v) is 13.3. The van der Waals surface area contributed by atoms with Crippen LogP contribution >= 0.6 is 0 Å². The molecule has 63 heavy (non-hydrogen) atoms. The summed E-state index contributed by atoms with van der Waals surface area (Å²) in [6, 6.07) is 74.1. The summed E-state index contributed by atoms with van der Waals surface area (Å²) in [6.45, 7) is 4.20. The van der Waals surface area contributed by atoms with Crippen LogP contribution in [-0.2, 0) is 5.41 Å². The second kappa shape index (κ2) is 16.0. The SMILES string of the molecule is C/C=C\C(=C/C)n1c2ccccc2c2cc(C3=CCC(N(c4ccc(-c5ccccc5)cc4)c4ccc5c(c4)C(c4ccccc4)(c4ccccc4)c4ccccc4-5)C=C3)ccc21. The van der Waals surface area contributed by atoms with E-state index in [2.05, 4.69) is 260 Å². The number of hydrogen-bond acceptors (Lipinski definition) is 1. The standard InChI is InChI=1S/C61H48N2/c1-3-18-49(4-2)63-59-28-17-15-26-55(59)56-41-46(33-40-60(56)63)45-31-36-51(37-32-45)62(50-34-29-44(30-35-50)43-19-8-5-9-20-43)52-38-39-54-53-25-14-16-27-57(53)61(58(54)42-52,47-21-10-6-11-22-47)48-23-12-7-13-24-48/h3-36,38-42,51H,37H2,1-2H3/b18-3-,49-4+. The molecule has 0 N–H and O–H groups in total. The van der Waals surface area contributed by atoms with Crippen LogP contribution in [0.1, 0.15) is 48.1 Å². The predicted molar refractivity (Wildman–Crippen MR) is 267 cm³/mol. The number of para-hydroxylation sites is 1. The van der Waals surface area contributed by atoms with Gasteiger partial charge in [-0.25, -0.2) is 0 Å². The number of benzene rings is 8. The Labute approximate surface area is 370 Å². The molecule has 1 unspecified atom stereocenters. The fourth-order valence-electron chi connectivity index (χ4n) is 10.5. The van der Waals surface area contributed by atoms with Crippen LogP contribution in [0.3, 0.4) is 0 Å². The first-order valence-corrected chi connectivity index (χ1v) is 22.2. The van der Waals surface area contributed by atoms with E-state index in [9.17, 15) is 0 Å². The minimum Gasteiger partial charge on any atom is -0.334 e. The van der Waals surface area contributed by atoms with Crippen LogP contribution in [-0.4, -0.2) is 10.6 Å². The molecule has 8 aromatic carbocycles. The summed E-state index contributed by atoms with van der Waals surface area (Å²) in [6.07, 6.45) is 14.6. The lowest BCUT2D eigenvalue weighted by molar-refractivity contribution is 0.761. The zero-order valence-corrected chi connectivity index (χ0v) is 35.7. The molecule has 9 aromatic rings. The first-order valence-electron chi connectivity index (χ1n) is 22.2. The van der Waals surface area contributed by atoms with Crippen molar-refractivity contribution in [3.63, 3.8) is 0 Å². The molecule has 0 bridgehead atoms. The smallest absolute Gasteiger partial charge is 0.0714 e. The van der Waals surface area contributed by atoms with E-state index < -0.39 is 5.41 Å². The van der Waals surface area contributed by atoms with E-state index in [1.807, 2.05) is 0 Å². The average molecular weight is 809 g/mol. The maximum atomic E-state index is 2.55. The third kappa shape index (κ3) is 6.33. The van der Waals surface area contributed by atoms with Crippen molar-refractivity contribution in [3.8, 4) is 22.3 Å². The summed E-state index contributed by atoms with van der Waals surface area (Å²) < 4.78 is 2.38. The van der Waals surface area contributed by atoms with Crippen molar-refractivity contribution >= 4 is 44.5 Å². The maximum Gasteiger partial charge on any atom is 0.0714 e. The number of allylic oxidation sites excluding steroid dienone is 6. The van der Waals surface area contributed by atoms with Gasteiger partial charge in [-0.2, -0.15) is 0 Å². The van der Waals surface area contributed by atoms with Crippen LogP contribution in [0.25, 0.3) is 55.3 Å². The highest BCUT2D eigenvalue weighted by atomic mass is 15.2. The minimum absolute atomic E-state index is 0.0877. The Morgan fingerprint density at radius 3 is 1.84 bits per heavy atom. The van der Waals surface area contributed by atoms with E-state index >= 15 is 0 Å². The van der Waals surface area contributed by atoms with Crippen molar-refractivity contribution in [1.29, 1.82) is 0 Å². The Bertz CT molecular complexity index is 3210. The summed E-state index contributed by atoms with van der Waals surface area (Å²) in [5.74, 6) is 0. The van der Waals surface area contributed by atoms with E-state index in [-0.39, 0.29) is 6.04 Å². The lowest BCUT2D eigenvalue weighted by Crippen LogP contribution is -2.31. The van der Waals surface area contributed by atoms with E-state index in [4.69, 9.17) is 0 Å². The summed E-state index contributed by atoms with van der Waals surface area (Å²) in [5.41, 5.74) is 18.1. The van der Waals surface area contributed by atoms with Gasteiger partial charge in [0.15, 0.2) is 0 Å². The quantitative estimate of drug-likeness (QED) is 0.132. The Morgan fingerprint density at radius 2 is 1.14 bits per heavy atom. The molecule has 2 aliphatic rings. The van der Waals surface area contributed by atoms with Gasteiger partial charge in [0.05, 0.1) is 22.5 Å². The molecule has 0 aliphatic heterocycles. The second-order valence-corrected chi connectivity index (χ2v) is 16.7. The first-order chi connectivity index (χ1) is 31.2. The van der Waals surface area contributed by atoms with Gasteiger partial charge < -0.3 is 9.47 Å². The fourth-order valence-corrected chi connectivity index (χ4v) is 10.5. The molecule has 2 nitrogen and oxygen atoms in total. The highest BCUT2D eigenvalue weighted by molar-refractivity contribution is 6.11. The second-order valence-electron chi connectivity index (χ2n) is 16.7. The highest BCUT2D eigenvalue weighted by Crippen LogP contribution is 2.57. The number of rotatable bonds is 9. The lowest BCUT2D eigenvalue weighted by Gasteiger charge is -2.36. The zero-order chi connectivity index (χ0) is 42.3. The molecule has 1 heterocycles. The molecule has 0 saturated carbocycles. The number of anilines is 2. The zero-order valence-electron chi connectivity index (χ0n) is 35.7. The van der Waals surface area contributed by atoms with Gasteiger partial charge in [0.2, 0.25) is 0 Å². The monoisotopic (exact) mass is 808 g/mol. The molecule has 0 spiro atoms. The highest BCUT2D eigenvalue weighted by Gasteiger charge is 2.46. The molecule has 2 heteroatoms. The summed E-state index contributed by atoms with van der Waals surface area (Å²) in [7, 11) is 0. The van der Waals surface area contributed by atoms with Gasteiger partial charge in [0, 0.05) is 27.8 Å². The van der Waals surface area contributed by atoms with Crippen LogP contribution < -0.4 is 4.90 Å². The van der Waals surface area contributed by atoms with E-state index in [0.29, 0.717) is 0 Å². The van der Waals surface area contributed by atoms with Gasteiger partial charge in [0.25, 0.3) is 0 Å². The Hall–Kier alpha value is -7.68. The lowest BCUT2D eigenvalue weighted by atomic mass is 9.67. The molecule has 2 aliphatic carbocycles. The summed E-state index contributed by atoms with van der Waals surface area (Å²) >= 11 is 0. The number of hydrogen-bond donors (Lipinski definition) is 0. The summed E-state index contributed by atoms with van der Waals surface area (Å²) in [5, 5.41) is 2.53. The number of aromatic nitrogens is 1. The van der Waals surface area contributed by atoms with Gasteiger partial charge in [-0.15, -0.1) is 0 Å². The molecule has 11 rings (SSSR count). The Morgan fingerprint density at radius 1 is 0.540 bits per heavy atom. The van der Waals surface area contributed by atoms with Crippen molar-refractivity contribution in [3.05, 3.63) is 264 Å². The molecular formula is C61H48N2. The minimum atomic E-state index is -0.481. The van der Waals surface area contributed by atoms with Gasteiger partial charge >= 0.3 is 0 Å². The van der Waals surface area contributed by atoms with Crippen LogP contribution in [0.2, 0.25) is 0 Å². The van der Waals surface area contributed by atoms with Gasteiger partial charge in [-0.3, -0.25) is 0 Å². The summed E-state index contributed by atoms with van der Waals surface area (Å²) in [4.78, 5) is 2.55. The molecular weight excluding hydrogens is 761 g/mol. The first kappa shape index (κ1) is 38.3. The van der Waals surface area contributed by atoms with Gasteiger partial charge in [-0.05, 0) is 124 Å². The van der Waals surface area contributed by atoms with Crippen molar-refractivity contribution in [1.82, 2.24) is 4.57 Å². The molecule has 1 aromatic heterocycles. The van der Waals surface area contributed by atoms with Crippen LogP contribution in [0.15, 0.2) is 237 Å². The normalized spacial score (nSPS) is 15.4. The molecule has 0 saturated heterocycles. The molecule has 0 radical (unpaired) electrons. The maximum absolute atomic E-state index is 2.55. The Kier molecular flexibility index (Phi) is 9.70. The largest absolute Gasteiger partial charge is 0.334 e. The molecule has 0 fully saturated rings. The van der Waals surface area contributed by atoms with Crippen molar-refractivity contribution < 1.29 is 0 Å².